The Morgan fingerprint density at radius 3 is 2.66 bits per heavy atom. The van der Waals surface area contributed by atoms with E-state index in [1.165, 1.54) is 22.7 Å². The molecule has 0 atom stereocenters. The van der Waals surface area contributed by atoms with Crippen molar-refractivity contribution >= 4 is 66.6 Å². The van der Waals surface area contributed by atoms with Gasteiger partial charge in [0.2, 0.25) is 11.7 Å². The first-order chi connectivity index (χ1) is 13.7. The molecule has 0 saturated carbocycles. The number of para-hydroxylation sites is 1. The van der Waals surface area contributed by atoms with E-state index in [4.69, 9.17) is 15.3 Å². The monoisotopic (exact) mass is 450 g/mol. The van der Waals surface area contributed by atoms with Crippen molar-refractivity contribution in [2.75, 3.05) is 12.3 Å². The molecule has 0 radical (unpaired) electrons. The molecule has 0 aliphatic rings. The van der Waals surface area contributed by atoms with E-state index in [9.17, 15) is 9.59 Å². The number of ether oxygens (including phenoxy) is 1. The van der Waals surface area contributed by atoms with Gasteiger partial charge in [-0.3, -0.25) is 4.79 Å². The maximum atomic E-state index is 12.8. The molecule has 2 heterocycles. The number of thiazole rings is 2. The van der Waals surface area contributed by atoms with E-state index in [1.807, 2.05) is 24.3 Å². The first-order valence-electron chi connectivity index (χ1n) is 8.42. The molecule has 2 aromatic heterocycles. The number of esters is 1. The second-order valence-corrected chi connectivity index (χ2v) is 9.85. The van der Waals surface area contributed by atoms with Gasteiger partial charge in [0.05, 0.1) is 10.2 Å². The number of carbonyl (C=O) groups excluding carboxylic acids is 2. The molecule has 0 amide bonds. The van der Waals surface area contributed by atoms with E-state index in [-0.39, 0.29) is 16.5 Å². The van der Waals surface area contributed by atoms with Gasteiger partial charge in [0.25, 0.3) is 0 Å². The highest BCUT2D eigenvalue weighted by Gasteiger charge is 2.22. The summed E-state index contributed by atoms with van der Waals surface area (Å²) in [6.45, 7) is 4.81. The van der Waals surface area contributed by atoms with Crippen LogP contribution in [-0.4, -0.2) is 39.0 Å². The van der Waals surface area contributed by atoms with E-state index in [0.29, 0.717) is 4.34 Å². The van der Waals surface area contributed by atoms with Crippen LogP contribution in [0.1, 0.15) is 26.5 Å². The lowest BCUT2D eigenvalue weighted by molar-refractivity contribution is -0.160. The number of thioether (sulfide) groups is 1. The van der Waals surface area contributed by atoms with E-state index >= 15 is 0 Å². The molecule has 1 aromatic carbocycles. The fourth-order valence-electron chi connectivity index (χ4n) is 2.13. The summed E-state index contributed by atoms with van der Waals surface area (Å²) in [6.07, 6.45) is 0. The maximum Gasteiger partial charge on any atom is 0.347 e. The molecule has 0 aliphatic carbocycles. The lowest BCUT2D eigenvalue weighted by atomic mass is 10.2. The van der Waals surface area contributed by atoms with Gasteiger partial charge >= 0.3 is 5.97 Å². The Labute approximate surface area is 179 Å². The van der Waals surface area contributed by atoms with Gasteiger partial charge in [0.1, 0.15) is 11.3 Å². The Hall–Kier alpha value is -2.50. The molecule has 0 bridgehead atoms. The zero-order valence-electron chi connectivity index (χ0n) is 15.9. The molecule has 0 unspecified atom stereocenters. The van der Waals surface area contributed by atoms with Crippen LogP contribution in [0.15, 0.2) is 39.1 Å². The number of aromatic nitrogens is 2. The summed E-state index contributed by atoms with van der Waals surface area (Å²) in [5, 5.41) is 5.31. The van der Waals surface area contributed by atoms with Crippen molar-refractivity contribution in [3.63, 3.8) is 0 Å². The number of nitrogens with two attached hydrogens (primary N) is 1. The van der Waals surface area contributed by atoms with Crippen molar-refractivity contribution in [2.45, 2.75) is 30.7 Å². The Bertz CT molecular complexity index is 1040. The van der Waals surface area contributed by atoms with Crippen LogP contribution >= 0.6 is 34.4 Å². The van der Waals surface area contributed by atoms with E-state index in [1.54, 1.807) is 26.2 Å². The minimum atomic E-state index is -0.644. The van der Waals surface area contributed by atoms with Gasteiger partial charge in [0.15, 0.2) is 15.2 Å². The van der Waals surface area contributed by atoms with Crippen LogP contribution < -0.4 is 5.73 Å². The van der Waals surface area contributed by atoms with E-state index < -0.39 is 23.3 Å². The quantitative estimate of drug-likeness (QED) is 0.261. The number of hydrogen-bond acceptors (Lipinski definition) is 11. The average Bonchev–Trinajstić information content (AvgIpc) is 3.22. The number of hydrogen-bond donors (Lipinski definition) is 1. The number of nitrogen functional groups attached to an aromatic ring is 1. The maximum absolute atomic E-state index is 12.8. The Morgan fingerprint density at radius 2 is 2.00 bits per heavy atom. The molecule has 3 aromatic rings. The Kier molecular flexibility index (Phi) is 6.50. The fourth-order valence-corrected chi connectivity index (χ4v) is 4.58. The van der Waals surface area contributed by atoms with Gasteiger partial charge in [-0.15, -0.1) is 22.7 Å². The predicted molar refractivity (Wildman–Crippen MR) is 115 cm³/mol. The summed E-state index contributed by atoms with van der Waals surface area (Å²) in [7, 11) is 0. The van der Waals surface area contributed by atoms with Crippen LogP contribution in [0.2, 0.25) is 0 Å². The molecule has 8 nitrogen and oxygen atoms in total. The Morgan fingerprint density at radius 1 is 1.24 bits per heavy atom. The van der Waals surface area contributed by atoms with Crippen LogP contribution in [-0.2, 0) is 19.2 Å². The summed E-state index contributed by atoms with van der Waals surface area (Å²) in [4.78, 5) is 38.2. The van der Waals surface area contributed by atoms with Crippen molar-refractivity contribution in [3.8, 4) is 0 Å². The molecule has 2 N–H and O–H groups in total. The summed E-state index contributed by atoms with van der Waals surface area (Å²) in [5.41, 5.74) is 6.07. The second-order valence-electron chi connectivity index (χ2n) is 6.71. The lowest BCUT2D eigenvalue weighted by Crippen LogP contribution is -2.26. The van der Waals surface area contributed by atoms with Gasteiger partial charge < -0.3 is 15.3 Å². The number of oxime groups is 1. The zero-order chi connectivity index (χ0) is 21.0. The summed E-state index contributed by atoms with van der Waals surface area (Å²) >= 11 is 3.48. The predicted octanol–water partition coefficient (Wildman–Crippen LogP) is 3.72. The first-order valence-corrected chi connectivity index (χ1v) is 10.9. The van der Waals surface area contributed by atoms with Crippen LogP contribution in [0.3, 0.4) is 0 Å². The van der Waals surface area contributed by atoms with Gasteiger partial charge in [-0.05, 0) is 44.7 Å². The Balaban J connectivity index is 1.75. The smallest absolute Gasteiger partial charge is 0.347 e. The second kappa shape index (κ2) is 8.89. The highest BCUT2D eigenvalue weighted by atomic mass is 32.2. The highest BCUT2D eigenvalue weighted by molar-refractivity contribution is 8.16. The number of fused-ring (bicyclic) bond motifs is 1. The minimum absolute atomic E-state index is 0.0502. The van der Waals surface area contributed by atoms with Crippen LogP contribution in [0.4, 0.5) is 5.13 Å². The third-order valence-corrected chi connectivity index (χ3v) is 5.82. The molecule has 11 heteroatoms. The number of anilines is 1. The number of nitrogens with zero attached hydrogens (tertiary/aromatic N) is 3. The van der Waals surface area contributed by atoms with Crippen LogP contribution in [0.25, 0.3) is 10.2 Å². The van der Waals surface area contributed by atoms with Gasteiger partial charge in [-0.1, -0.05) is 17.3 Å². The van der Waals surface area contributed by atoms with E-state index in [0.717, 1.165) is 22.0 Å². The molecule has 152 valence electrons. The van der Waals surface area contributed by atoms with Crippen molar-refractivity contribution in [1.29, 1.82) is 0 Å². The molecular formula is C18H18N4O4S3. The molecular weight excluding hydrogens is 432 g/mol. The number of carbonyl (C=O) groups is 2. The third-order valence-electron chi connectivity index (χ3n) is 3.17. The van der Waals surface area contributed by atoms with Gasteiger partial charge in [-0.25, -0.2) is 14.8 Å². The zero-order valence-corrected chi connectivity index (χ0v) is 18.3. The number of rotatable bonds is 6. The van der Waals surface area contributed by atoms with Crippen molar-refractivity contribution in [1.82, 2.24) is 9.97 Å². The summed E-state index contributed by atoms with van der Waals surface area (Å²) < 4.78 is 6.70. The largest absolute Gasteiger partial charge is 0.457 e. The standard InChI is InChI=1S/C18H18N4O4S3/c1-18(2,3)26-13(23)8-25-22-14(11-9-27-16(19)20-11)15(24)29-17-21-10-6-4-5-7-12(10)28-17/h4-7,9H,8H2,1-3H3,(H2,19,20)/b22-14-. The molecule has 0 saturated heterocycles. The van der Waals surface area contributed by atoms with Gasteiger partial charge in [-0.2, -0.15) is 0 Å². The number of benzene rings is 1. The van der Waals surface area contributed by atoms with Crippen LogP contribution in [0.5, 0.6) is 0 Å². The summed E-state index contributed by atoms with van der Waals surface area (Å²) in [5.74, 6) is -0.593. The molecule has 29 heavy (non-hydrogen) atoms. The molecule has 0 spiro atoms. The minimum Gasteiger partial charge on any atom is -0.457 e. The third kappa shape index (κ3) is 5.99. The normalized spacial score (nSPS) is 12.2. The molecule has 0 fully saturated rings. The molecule has 3 rings (SSSR count). The SMILES string of the molecule is CC(C)(C)OC(=O)CO/N=C(\C(=O)Sc1nc2ccccc2s1)c1csc(N)n1. The van der Waals surface area contributed by atoms with Crippen LogP contribution in [0, 0.1) is 0 Å². The average molecular weight is 451 g/mol. The highest BCUT2D eigenvalue weighted by Crippen LogP contribution is 2.30. The van der Waals surface area contributed by atoms with Crippen molar-refractivity contribution in [2.24, 2.45) is 5.16 Å². The lowest BCUT2D eigenvalue weighted by Gasteiger charge is -2.18. The fraction of sp³-hybridized carbons (Fsp3) is 0.278. The van der Waals surface area contributed by atoms with Crippen molar-refractivity contribution in [3.05, 3.63) is 35.3 Å². The van der Waals surface area contributed by atoms with Crippen molar-refractivity contribution < 1.29 is 19.2 Å². The van der Waals surface area contributed by atoms with Gasteiger partial charge in [0, 0.05) is 5.38 Å². The topological polar surface area (TPSA) is 117 Å². The first kappa shape index (κ1) is 21.2. The summed E-state index contributed by atoms with van der Waals surface area (Å²) in [6, 6.07) is 7.60. The molecule has 0 aliphatic heterocycles. The van der Waals surface area contributed by atoms with E-state index in [2.05, 4.69) is 15.1 Å².